The monoisotopic (exact) mass is 344 g/mol. The molecule has 0 aliphatic carbocycles. The fraction of sp³-hybridized carbons (Fsp3) is 0.643. The van der Waals surface area contributed by atoms with Gasteiger partial charge in [-0.2, -0.15) is 0 Å². The number of carbonyl (C=O) groups excluding carboxylic acids is 1. The Morgan fingerprint density at radius 1 is 1.53 bits per heavy atom. The Labute approximate surface area is 127 Å². The van der Waals surface area contributed by atoms with Gasteiger partial charge in [-0.05, 0) is 61.3 Å². The number of likely N-dealkylation sites (N-methyl/N-ethyl adjacent to an activating group) is 1. The average molecular weight is 345 g/mol. The van der Waals surface area contributed by atoms with Gasteiger partial charge in [0, 0.05) is 24.0 Å². The Bertz CT molecular complexity index is 435. The molecule has 1 aromatic heterocycles. The van der Waals surface area contributed by atoms with Gasteiger partial charge in [0.1, 0.15) is 0 Å². The van der Waals surface area contributed by atoms with Gasteiger partial charge in [-0.1, -0.05) is 0 Å². The van der Waals surface area contributed by atoms with E-state index in [-0.39, 0.29) is 5.91 Å². The number of carbonyl (C=O) groups is 1. The van der Waals surface area contributed by atoms with Gasteiger partial charge < -0.3 is 4.90 Å². The van der Waals surface area contributed by atoms with Crippen LogP contribution in [0.5, 0.6) is 0 Å². The fourth-order valence-corrected chi connectivity index (χ4v) is 4.11. The maximum absolute atomic E-state index is 12.3. The van der Waals surface area contributed by atoms with Gasteiger partial charge in [0.15, 0.2) is 0 Å². The lowest BCUT2D eigenvalue weighted by Gasteiger charge is -2.34. The van der Waals surface area contributed by atoms with Gasteiger partial charge in [-0.25, -0.2) is 0 Å². The number of hydrogen-bond acceptors (Lipinski definition) is 3. The van der Waals surface area contributed by atoms with Crippen LogP contribution in [0, 0.1) is 0 Å². The first-order valence-corrected chi connectivity index (χ1v) is 8.39. The highest BCUT2D eigenvalue weighted by molar-refractivity contribution is 9.11. The fourth-order valence-electron chi connectivity index (χ4n) is 2.55. The van der Waals surface area contributed by atoms with Gasteiger partial charge >= 0.3 is 0 Å². The van der Waals surface area contributed by atoms with Crippen molar-refractivity contribution in [2.45, 2.75) is 38.8 Å². The van der Waals surface area contributed by atoms with E-state index >= 15 is 0 Å². The van der Waals surface area contributed by atoms with Gasteiger partial charge in [-0.15, -0.1) is 11.3 Å². The van der Waals surface area contributed by atoms with E-state index in [2.05, 4.69) is 39.9 Å². The normalized spacial score (nSPS) is 20.0. The van der Waals surface area contributed by atoms with Crippen molar-refractivity contribution in [3.63, 3.8) is 0 Å². The third-order valence-electron chi connectivity index (χ3n) is 3.58. The Morgan fingerprint density at radius 3 is 2.95 bits per heavy atom. The van der Waals surface area contributed by atoms with E-state index in [0.29, 0.717) is 12.6 Å². The molecular formula is C14H21BrN2OS. The first kappa shape index (κ1) is 15.0. The summed E-state index contributed by atoms with van der Waals surface area (Å²) in [5.74, 6) is 0.269. The molecule has 1 aliphatic heterocycles. The van der Waals surface area contributed by atoms with Crippen LogP contribution < -0.4 is 0 Å². The molecule has 0 N–H and O–H groups in total. The molecule has 0 spiro atoms. The topological polar surface area (TPSA) is 23.6 Å². The second-order valence-electron chi connectivity index (χ2n) is 5.31. The lowest BCUT2D eigenvalue weighted by atomic mass is 10.0. The third-order valence-corrected chi connectivity index (χ3v) is 5.19. The van der Waals surface area contributed by atoms with Crippen LogP contribution in [0.15, 0.2) is 15.9 Å². The summed E-state index contributed by atoms with van der Waals surface area (Å²) in [6, 6.07) is 4.58. The molecule has 1 saturated heterocycles. The van der Waals surface area contributed by atoms with Crippen LogP contribution in [0.4, 0.5) is 0 Å². The summed E-state index contributed by atoms with van der Waals surface area (Å²) < 4.78 is 1.15. The molecule has 1 fully saturated rings. The quantitative estimate of drug-likeness (QED) is 0.836. The predicted octanol–water partition coefficient (Wildman–Crippen LogP) is 3.34. The number of thiophene rings is 1. The van der Waals surface area contributed by atoms with Crippen LogP contribution in [0.2, 0.25) is 0 Å². The summed E-state index contributed by atoms with van der Waals surface area (Å²) in [4.78, 5) is 17.7. The van der Waals surface area contributed by atoms with E-state index in [4.69, 9.17) is 0 Å². The SMILES string of the molecule is CC1CCCCN1C(=O)CN(C)Cc1ccc(Br)s1. The van der Waals surface area contributed by atoms with Gasteiger partial charge in [0.25, 0.3) is 0 Å². The zero-order valence-corrected chi connectivity index (χ0v) is 14.0. The van der Waals surface area contributed by atoms with E-state index in [1.54, 1.807) is 11.3 Å². The van der Waals surface area contributed by atoms with E-state index in [0.717, 1.165) is 29.7 Å². The molecule has 2 rings (SSSR count). The molecule has 1 atom stereocenters. The van der Waals surface area contributed by atoms with Crippen molar-refractivity contribution in [3.05, 3.63) is 20.8 Å². The van der Waals surface area contributed by atoms with Gasteiger partial charge in [-0.3, -0.25) is 9.69 Å². The molecule has 5 heteroatoms. The van der Waals surface area contributed by atoms with Crippen molar-refractivity contribution in [2.75, 3.05) is 20.1 Å². The van der Waals surface area contributed by atoms with Crippen LogP contribution in [0.1, 0.15) is 31.1 Å². The Kier molecular flexibility index (Phi) is 5.42. The molecule has 1 unspecified atom stereocenters. The molecule has 0 radical (unpaired) electrons. The minimum absolute atomic E-state index is 0.269. The smallest absolute Gasteiger partial charge is 0.236 e. The van der Waals surface area contributed by atoms with Crippen LogP contribution in [-0.4, -0.2) is 41.9 Å². The van der Waals surface area contributed by atoms with E-state index < -0.39 is 0 Å². The van der Waals surface area contributed by atoms with Crippen molar-refractivity contribution < 1.29 is 4.79 Å². The van der Waals surface area contributed by atoms with Crippen LogP contribution in [-0.2, 0) is 11.3 Å². The Morgan fingerprint density at radius 2 is 2.32 bits per heavy atom. The van der Waals surface area contributed by atoms with Crippen molar-refractivity contribution in [1.29, 1.82) is 0 Å². The van der Waals surface area contributed by atoms with E-state index in [1.807, 2.05) is 11.9 Å². The number of halogens is 1. The summed E-state index contributed by atoms with van der Waals surface area (Å²) >= 11 is 5.20. The largest absolute Gasteiger partial charge is 0.339 e. The minimum atomic E-state index is 0.269. The molecule has 1 aliphatic rings. The predicted molar refractivity (Wildman–Crippen MR) is 83.4 cm³/mol. The third kappa shape index (κ3) is 4.29. The second kappa shape index (κ2) is 6.86. The maximum Gasteiger partial charge on any atom is 0.236 e. The molecule has 0 aromatic carbocycles. The summed E-state index contributed by atoms with van der Waals surface area (Å²) in [5.41, 5.74) is 0. The van der Waals surface area contributed by atoms with Crippen molar-refractivity contribution in [1.82, 2.24) is 9.80 Å². The van der Waals surface area contributed by atoms with Crippen LogP contribution in [0.3, 0.4) is 0 Å². The van der Waals surface area contributed by atoms with Crippen molar-refractivity contribution in [2.24, 2.45) is 0 Å². The van der Waals surface area contributed by atoms with Gasteiger partial charge in [0.05, 0.1) is 10.3 Å². The van der Waals surface area contributed by atoms with Crippen molar-refractivity contribution in [3.8, 4) is 0 Å². The summed E-state index contributed by atoms with van der Waals surface area (Å²) in [6.45, 7) is 4.44. The second-order valence-corrected chi connectivity index (χ2v) is 7.86. The number of nitrogens with zero attached hydrogens (tertiary/aromatic N) is 2. The number of amides is 1. The first-order chi connectivity index (χ1) is 9.06. The zero-order chi connectivity index (χ0) is 13.8. The highest BCUT2D eigenvalue weighted by Crippen LogP contribution is 2.23. The minimum Gasteiger partial charge on any atom is -0.339 e. The van der Waals surface area contributed by atoms with Gasteiger partial charge in [0.2, 0.25) is 5.91 Å². The van der Waals surface area contributed by atoms with Crippen molar-refractivity contribution >= 4 is 33.2 Å². The standard InChI is InChI=1S/C14H21BrN2OS/c1-11-5-3-4-8-17(11)14(18)10-16(2)9-12-6-7-13(15)19-12/h6-7,11H,3-5,8-10H2,1-2H3. The molecule has 3 nitrogen and oxygen atoms in total. The van der Waals surface area contributed by atoms with Crippen LogP contribution in [0.25, 0.3) is 0 Å². The molecule has 2 heterocycles. The molecule has 0 saturated carbocycles. The number of rotatable bonds is 4. The summed E-state index contributed by atoms with van der Waals surface area (Å²) in [5, 5.41) is 0. The summed E-state index contributed by atoms with van der Waals surface area (Å²) in [6.07, 6.45) is 3.55. The molecule has 19 heavy (non-hydrogen) atoms. The molecule has 0 bridgehead atoms. The first-order valence-electron chi connectivity index (χ1n) is 6.78. The number of likely N-dealkylation sites (tertiary alicyclic amines) is 1. The number of piperidine rings is 1. The zero-order valence-electron chi connectivity index (χ0n) is 11.6. The Hall–Kier alpha value is -0.390. The molecule has 106 valence electrons. The molecule has 1 aromatic rings. The highest BCUT2D eigenvalue weighted by atomic mass is 79.9. The highest BCUT2D eigenvalue weighted by Gasteiger charge is 2.23. The van der Waals surface area contributed by atoms with E-state index in [1.165, 1.54) is 11.3 Å². The lowest BCUT2D eigenvalue weighted by molar-refractivity contribution is -0.135. The molecule has 1 amide bonds. The maximum atomic E-state index is 12.3. The number of hydrogen-bond donors (Lipinski definition) is 0. The molecular weight excluding hydrogens is 324 g/mol. The summed E-state index contributed by atoms with van der Waals surface area (Å²) in [7, 11) is 2.01. The van der Waals surface area contributed by atoms with Crippen LogP contribution >= 0.6 is 27.3 Å². The Balaban J connectivity index is 1.84. The lowest BCUT2D eigenvalue weighted by Crippen LogP contribution is -2.46. The average Bonchev–Trinajstić information content (AvgIpc) is 2.74. The van der Waals surface area contributed by atoms with E-state index in [9.17, 15) is 4.79 Å².